The molecule has 0 aliphatic heterocycles. The number of halogens is 1. The number of ether oxygens (including phenoxy) is 1. The van der Waals surface area contributed by atoms with Gasteiger partial charge < -0.3 is 15.2 Å². The average Bonchev–Trinajstić information content (AvgIpc) is 2.87. The third kappa shape index (κ3) is 5.93. The standard InChI is InChI=1S/C30H32ClNO2.CH4O/c1-20-13-21-15-22(14-20)18-30(2,17-21)24-7-12-29(27(31)16-24)34-26-10-8-25(9-11-26)32-28-6-4-3-5-23(28)19-33;1-2/h3-12,16,19-22,32H,13-15,17-18H2,1-2H3;2H,1H3. The van der Waals surface area contributed by atoms with Crippen molar-refractivity contribution >= 4 is 29.3 Å². The molecule has 2 saturated carbocycles. The lowest BCUT2D eigenvalue weighted by Gasteiger charge is -2.47. The maximum atomic E-state index is 11.2. The molecule has 0 saturated heterocycles. The quantitative estimate of drug-likeness (QED) is 0.330. The molecule has 0 spiro atoms. The fourth-order valence-electron chi connectivity index (χ4n) is 6.39. The first kappa shape index (κ1) is 26.2. The third-order valence-electron chi connectivity index (χ3n) is 7.69. The van der Waals surface area contributed by atoms with E-state index in [1.54, 1.807) is 6.07 Å². The summed E-state index contributed by atoms with van der Waals surface area (Å²) in [6.07, 6.45) is 7.50. The molecule has 3 aromatic carbocycles. The normalized spacial score (nSPS) is 24.8. The zero-order chi connectivity index (χ0) is 25.7. The van der Waals surface area contributed by atoms with Gasteiger partial charge in [0.2, 0.25) is 0 Å². The Bertz CT molecular complexity index is 1160. The molecule has 5 rings (SSSR count). The van der Waals surface area contributed by atoms with Crippen molar-refractivity contribution < 1.29 is 14.6 Å². The van der Waals surface area contributed by atoms with Gasteiger partial charge in [-0.15, -0.1) is 0 Å². The summed E-state index contributed by atoms with van der Waals surface area (Å²) in [6, 6.07) is 21.4. The summed E-state index contributed by atoms with van der Waals surface area (Å²) in [5.74, 6) is 3.94. The van der Waals surface area contributed by atoms with Crippen molar-refractivity contribution in [1.29, 1.82) is 0 Å². The molecule has 5 heteroatoms. The second kappa shape index (κ2) is 11.5. The number of para-hydroxylation sites is 1. The van der Waals surface area contributed by atoms with Crippen molar-refractivity contribution in [3.05, 3.63) is 82.9 Å². The number of nitrogens with one attached hydrogen (secondary N) is 1. The Kier molecular flexibility index (Phi) is 8.38. The van der Waals surface area contributed by atoms with E-state index < -0.39 is 0 Å². The molecule has 0 heterocycles. The molecule has 4 nitrogen and oxygen atoms in total. The number of hydrogen-bond donors (Lipinski definition) is 2. The van der Waals surface area contributed by atoms with E-state index >= 15 is 0 Å². The highest BCUT2D eigenvalue weighted by molar-refractivity contribution is 6.32. The Morgan fingerprint density at radius 2 is 1.64 bits per heavy atom. The SMILES string of the molecule is CC1CC2CC(C1)CC(C)(c1ccc(Oc3ccc(Nc4ccccc4C=O)cc3)c(Cl)c1)C2.CO. The van der Waals surface area contributed by atoms with Gasteiger partial charge in [-0.2, -0.15) is 0 Å². The van der Waals surface area contributed by atoms with Crippen LogP contribution in [0.3, 0.4) is 0 Å². The molecular formula is C31H36ClNO3. The highest BCUT2D eigenvalue weighted by atomic mass is 35.5. The summed E-state index contributed by atoms with van der Waals surface area (Å²) in [6.45, 7) is 4.83. The lowest BCUT2D eigenvalue weighted by Crippen LogP contribution is -2.38. The van der Waals surface area contributed by atoms with Gasteiger partial charge in [0.1, 0.15) is 11.5 Å². The zero-order valence-corrected chi connectivity index (χ0v) is 22.1. The summed E-state index contributed by atoms with van der Waals surface area (Å²) < 4.78 is 6.11. The monoisotopic (exact) mass is 505 g/mol. The smallest absolute Gasteiger partial charge is 0.152 e. The van der Waals surface area contributed by atoms with Crippen molar-refractivity contribution in [2.24, 2.45) is 17.8 Å². The molecule has 2 atom stereocenters. The second-order valence-electron chi connectivity index (χ2n) is 10.6. The number of benzene rings is 3. The van der Waals surface area contributed by atoms with Crippen LogP contribution < -0.4 is 10.1 Å². The van der Waals surface area contributed by atoms with E-state index in [2.05, 4.69) is 31.3 Å². The molecule has 2 fully saturated rings. The lowest BCUT2D eigenvalue weighted by molar-refractivity contribution is 0.0899. The molecule has 2 aliphatic carbocycles. The van der Waals surface area contributed by atoms with Crippen LogP contribution in [-0.2, 0) is 5.41 Å². The van der Waals surface area contributed by atoms with Crippen LogP contribution in [0.1, 0.15) is 61.9 Å². The number of rotatable bonds is 6. The Hall–Kier alpha value is -2.82. The van der Waals surface area contributed by atoms with E-state index in [-0.39, 0.29) is 5.41 Å². The van der Waals surface area contributed by atoms with Gasteiger partial charge in [-0.05, 0) is 109 Å². The summed E-state index contributed by atoms with van der Waals surface area (Å²) >= 11 is 6.71. The molecule has 0 aromatic heterocycles. The van der Waals surface area contributed by atoms with Crippen LogP contribution in [0, 0.1) is 17.8 Å². The molecule has 2 bridgehead atoms. The van der Waals surface area contributed by atoms with Gasteiger partial charge in [0.05, 0.1) is 5.02 Å². The number of aliphatic hydroxyl groups excluding tert-OH is 1. The minimum absolute atomic E-state index is 0.195. The molecule has 2 unspecified atom stereocenters. The molecule has 2 aliphatic rings. The fraction of sp³-hybridized carbons (Fsp3) is 0.387. The minimum atomic E-state index is 0.195. The molecular weight excluding hydrogens is 470 g/mol. The summed E-state index contributed by atoms with van der Waals surface area (Å²) in [5.41, 5.74) is 3.82. The van der Waals surface area contributed by atoms with Gasteiger partial charge in [-0.25, -0.2) is 0 Å². The van der Waals surface area contributed by atoms with Crippen LogP contribution in [0.2, 0.25) is 5.02 Å². The summed E-state index contributed by atoms with van der Waals surface area (Å²) in [7, 11) is 1.00. The molecule has 190 valence electrons. The van der Waals surface area contributed by atoms with Crippen LogP contribution in [0.25, 0.3) is 0 Å². The number of aliphatic hydroxyl groups is 1. The molecule has 0 radical (unpaired) electrons. The van der Waals surface area contributed by atoms with E-state index in [0.29, 0.717) is 16.3 Å². The first-order valence-corrected chi connectivity index (χ1v) is 13.1. The van der Waals surface area contributed by atoms with Crippen molar-refractivity contribution in [3.63, 3.8) is 0 Å². The Morgan fingerprint density at radius 3 is 2.28 bits per heavy atom. The molecule has 3 aromatic rings. The second-order valence-corrected chi connectivity index (χ2v) is 11.0. The first-order valence-electron chi connectivity index (χ1n) is 12.8. The van der Waals surface area contributed by atoms with Crippen molar-refractivity contribution in [2.75, 3.05) is 12.4 Å². The average molecular weight is 506 g/mol. The van der Waals surface area contributed by atoms with E-state index in [0.717, 1.165) is 48.3 Å². The third-order valence-corrected chi connectivity index (χ3v) is 7.99. The Labute approximate surface area is 219 Å². The number of carbonyl (C=O) groups is 1. The summed E-state index contributed by atoms with van der Waals surface area (Å²) in [4.78, 5) is 11.2. The maximum Gasteiger partial charge on any atom is 0.152 e. The zero-order valence-electron chi connectivity index (χ0n) is 21.3. The fourth-order valence-corrected chi connectivity index (χ4v) is 6.61. The van der Waals surface area contributed by atoms with E-state index in [1.807, 2.05) is 48.5 Å². The number of aldehydes is 1. The van der Waals surface area contributed by atoms with Crippen LogP contribution in [0.4, 0.5) is 11.4 Å². The van der Waals surface area contributed by atoms with Gasteiger partial charge in [-0.1, -0.05) is 43.6 Å². The van der Waals surface area contributed by atoms with Gasteiger partial charge in [0.25, 0.3) is 0 Å². The predicted octanol–water partition coefficient (Wildman–Crippen LogP) is 8.40. The largest absolute Gasteiger partial charge is 0.456 e. The van der Waals surface area contributed by atoms with Crippen LogP contribution in [0.15, 0.2) is 66.7 Å². The highest BCUT2D eigenvalue weighted by Gasteiger charge is 2.41. The van der Waals surface area contributed by atoms with Crippen LogP contribution in [-0.4, -0.2) is 18.5 Å². The number of fused-ring (bicyclic) bond motifs is 2. The van der Waals surface area contributed by atoms with Crippen LogP contribution >= 0.6 is 11.6 Å². The van der Waals surface area contributed by atoms with Crippen molar-refractivity contribution in [3.8, 4) is 11.5 Å². The molecule has 2 N–H and O–H groups in total. The topological polar surface area (TPSA) is 58.6 Å². The van der Waals surface area contributed by atoms with E-state index in [4.69, 9.17) is 21.4 Å². The predicted molar refractivity (Wildman–Crippen MR) is 148 cm³/mol. The Balaban J connectivity index is 0.00000148. The summed E-state index contributed by atoms with van der Waals surface area (Å²) in [5, 5.41) is 10.9. The Morgan fingerprint density at radius 1 is 0.972 bits per heavy atom. The minimum Gasteiger partial charge on any atom is -0.456 e. The van der Waals surface area contributed by atoms with Gasteiger partial charge in [-0.3, -0.25) is 4.79 Å². The van der Waals surface area contributed by atoms with E-state index in [1.165, 1.54) is 37.7 Å². The van der Waals surface area contributed by atoms with Gasteiger partial charge in [0.15, 0.2) is 6.29 Å². The highest BCUT2D eigenvalue weighted by Crippen LogP contribution is 2.52. The molecule has 36 heavy (non-hydrogen) atoms. The first-order chi connectivity index (χ1) is 17.4. The van der Waals surface area contributed by atoms with Gasteiger partial charge >= 0.3 is 0 Å². The van der Waals surface area contributed by atoms with Gasteiger partial charge in [0, 0.05) is 24.0 Å². The number of carbonyl (C=O) groups excluding carboxylic acids is 1. The van der Waals surface area contributed by atoms with Crippen molar-refractivity contribution in [2.45, 2.75) is 51.4 Å². The van der Waals surface area contributed by atoms with Crippen molar-refractivity contribution in [1.82, 2.24) is 0 Å². The van der Waals surface area contributed by atoms with E-state index in [9.17, 15) is 4.79 Å². The van der Waals surface area contributed by atoms with Crippen LogP contribution in [0.5, 0.6) is 11.5 Å². The lowest BCUT2D eigenvalue weighted by atomic mass is 9.57. The number of hydrogen-bond acceptors (Lipinski definition) is 4. The number of anilines is 2. The molecule has 0 amide bonds. The maximum absolute atomic E-state index is 11.2.